The molecule has 1 aliphatic heterocycles. The van der Waals surface area contributed by atoms with E-state index in [1.54, 1.807) is 0 Å². The van der Waals surface area contributed by atoms with Gasteiger partial charge in [0.05, 0.1) is 6.54 Å². The Morgan fingerprint density at radius 2 is 2.28 bits per heavy atom. The van der Waals surface area contributed by atoms with Crippen LogP contribution < -0.4 is 15.5 Å². The maximum Gasteiger partial charge on any atom is 0.239 e. The van der Waals surface area contributed by atoms with E-state index in [1.165, 1.54) is 5.56 Å². The van der Waals surface area contributed by atoms with Gasteiger partial charge in [0.25, 0.3) is 0 Å². The summed E-state index contributed by atoms with van der Waals surface area (Å²) in [6, 6.07) is 6.46. The van der Waals surface area contributed by atoms with Gasteiger partial charge >= 0.3 is 0 Å². The second-order valence-electron chi connectivity index (χ2n) is 4.49. The molecule has 4 nitrogen and oxygen atoms in total. The number of amides is 1. The predicted molar refractivity (Wildman–Crippen MR) is 76.8 cm³/mol. The second kappa shape index (κ2) is 5.71. The van der Waals surface area contributed by atoms with Gasteiger partial charge in [-0.15, -0.1) is 0 Å². The van der Waals surface area contributed by atoms with E-state index in [-0.39, 0.29) is 11.9 Å². The minimum atomic E-state index is 0.0900. The lowest BCUT2D eigenvalue weighted by Crippen LogP contribution is -2.48. The molecular formula is C13H18BrN3O. The maximum atomic E-state index is 11.5. The molecule has 1 amide bonds. The first kappa shape index (κ1) is 13.4. The first-order valence-corrected chi connectivity index (χ1v) is 6.89. The summed E-state index contributed by atoms with van der Waals surface area (Å²) >= 11 is 3.50. The molecular weight excluding hydrogens is 294 g/mol. The second-order valence-corrected chi connectivity index (χ2v) is 5.40. The van der Waals surface area contributed by atoms with E-state index in [0.717, 1.165) is 16.7 Å². The first-order chi connectivity index (χ1) is 8.61. The van der Waals surface area contributed by atoms with Crippen LogP contribution in [0.2, 0.25) is 0 Å². The molecule has 0 bridgehead atoms. The summed E-state index contributed by atoms with van der Waals surface area (Å²) in [5.74, 6) is 0.0900. The Hall–Kier alpha value is -1.07. The number of anilines is 1. The molecule has 1 atom stereocenters. The molecule has 1 fully saturated rings. The van der Waals surface area contributed by atoms with Crippen LogP contribution in [0, 0.1) is 0 Å². The third-order valence-corrected chi connectivity index (χ3v) is 3.76. The van der Waals surface area contributed by atoms with Crippen molar-refractivity contribution < 1.29 is 4.79 Å². The number of carbonyl (C=O) groups is 1. The van der Waals surface area contributed by atoms with Gasteiger partial charge in [0.15, 0.2) is 0 Å². The number of hydrogen-bond donors (Lipinski definition) is 2. The van der Waals surface area contributed by atoms with Crippen molar-refractivity contribution in [2.24, 2.45) is 0 Å². The summed E-state index contributed by atoms with van der Waals surface area (Å²) in [5, 5.41) is 6.10. The third-order valence-electron chi connectivity index (χ3n) is 3.27. The zero-order valence-electron chi connectivity index (χ0n) is 10.7. The zero-order chi connectivity index (χ0) is 13.1. The van der Waals surface area contributed by atoms with E-state index in [9.17, 15) is 4.79 Å². The molecule has 0 saturated carbocycles. The molecule has 1 heterocycles. The van der Waals surface area contributed by atoms with Crippen molar-refractivity contribution in [1.29, 1.82) is 0 Å². The van der Waals surface area contributed by atoms with E-state index in [2.05, 4.69) is 50.5 Å². The van der Waals surface area contributed by atoms with E-state index >= 15 is 0 Å². The average molecular weight is 312 g/mol. The van der Waals surface area contributed by atoms with Crippen molar-refractivity contribution in [3.8, 4) is 0 Å². The molecule has 0 aromatic heterocycles. The Bertz CT molecular complexity index is 450. The highest BCUT2D eigenvalue weighted by molar-refractivity contribution is 9.10. The van der Waals surface area contributed by atoms with Gasteiger partial charge < -0.3 is 15.5 Å². The van der Waals surface area contributed by atoms with Crippen LogP contribution in [0.15, 0.2) is 22.7 Å². The van der Waals surface area contributed by atoms with Crippen molar-refractivity contribution in [2.75, 3.05) is 31.6 Å². The largest absolute Gasteiger partial charge is 0.360 e. The monoisotopic (exact) mass is 311 g/mol. The topological polar surface area (TPSA) is 44.4 Å². The van der Waals surface area contributed by atoms with E-state index in [0.29, 0.717) is 13.1 Å². The fraction of sp³-hybridized carbons (Fsp3) is 0.462. The van der Waals surface area contributed by atoms with Gasteiger partial charge in [-0.25, -0.2) is 0 Å². The number of hydrogen-bond acceptors (Lipinski definition) is 3. The minimum Gasteiger partial charge on any atom is -0.360 e. The van der Waals surface area contributed by atoms with Crippen molar-refractivity contribution >= 4 is 27.5 Å². The Morgan fingerprint density at radius 1 is 1.50 bits per heavy atom. The van der Waals surface area contributed by atoms with Gasteiger partial charge in [-0.1, -0.05) is 15.9 Å². The van der Waals surface area contributed by atoms with E-state index < -0.39 is 0 Å². The Labute approximate surface area is 116 Å². The van der Waals surface area contributed by atoms with Crippen molar-refractivity contribution in [3.05, 3.63) is 28.2 Å². The molecule has 98 valence electrons. The van der Waals surface area contributed by atoms with Crippen LogP contribution in [0.1, 0.15) is 18.5 Å². The van der Waals surface area contributed by atoms with Crippen LogP contribution >= 0.6 is 15.9 Å². The predicted octanol–water partition coefficient (Wildman–Crippen LogP) is 1.67. The van der Waals surface area contributed by atoms with Crippen LogP contribution in [0.25, 0.3) is 0 Å². The molecule has 0 spiro atoms. The summed E-state index contributed by atoms with van der Waals surface area (Å²) in [5.41, 5.74) is 2.34. The molecule has 1 aromatic rings. The van der Waals surface area contributed by atoms with Gasteiger partial charge in [-0.05, 0) is 37.7 Å². The van der Waals surface area contributed by atoms with Crippen LogP contribution in [-0.2, 0) is 4.79 Å². The molecule has 1 unspecified atom stereocenters. The summed E-state index contributed by atoms with van der Waals surface area (Å²) in [6.45, 7) is 4.12. The SMILES string of the molecule is CNC(C)c1cc(Br)ccc1N1CCNC(=O)C1. The molecule has 0 aliphatic carbocycles. The van der Waals surface area contributed by atoms with Crippen LogP contribution in [0.4, 0.5) is 5.69 Å². The fourth-order valence-corrected chi connectivity index (χ4v) is 2.54. The lowest BCUT2D eigenvalue weighted by molar-refractivity contribution is -0.120. The summed E-state index contributed by atoms with van der Waals surface area (Å²) in [6.07, 6.45) is 0. The molecule has 0 radical (unpaired) electrons. The normalized spacial score (nSPS) is 17.5. The first-order valence-electron chi connectivity index (χ1n) is 6.10. The van der Waals surface area contributed by atoms with Crippen molar-refractivity contribution in [3.63, 3.8) is 0 Å². The van der Waals surface area contributed by atoms with Gasteiger partial charge in [0.2, 0.25) is 5.91 Å². The number of halogens is 1. The highest BCUT2D eigenvalue weighted by Gasteiger charge is 2.20. The van der Waals surface area contributed by atoms with E-state index in [4.69, 9.17) is 0 Å². The lowest BCUT2D eigenvalue weighted by atomic mass is 10.0. The smallest absolute Gasteiger partial charge is 0.239 e. The number of rotatable bonds is 3. The van der Waals surface area contributed by atoms with Crippen LogP contribution in [0.3, 0.4) is 0 Å². The standard InChI is InChI=1S/C13H18BrN3O/c1-9(15-2)11-7-10(14)3-4-12(11)17-6-5-16-13(18)8-17/h3-4,7,9,15H,5-6,8H2,1-2H3,(H,16,18). The highest BCUT2D eigenvalue weighted by Crippen LogP contribution is 2.29. The zero-order valence-corrected chi connectivity index (χ0v) is 12.3. The summed E-state index contributed by atoms with van der Waals surface area (Å²) in [4.78, 5) is 13.6. The third kappa shape index (κ3) is 2.84. The maximum absolute atomic E-state index is 11.5. The van der Waals surface area contributed by atoms with Crippen molar-refractivity contribution in [1.82, 2.24) is 10.6 Å². The molecule has 5 heteroatoms. The van der Waals surface area contributed by atoms with Crippen LogP contribution in [-0.4, -0.2) is 32.6 Å². The quantitative estimate of drug-likeness (QED) is 0.892. The Balaban J connectivity index is 2.33. The summed E-state index contributed by atoms with van der Waals surface area (Å²) in [7, 11) is 1.94. The Morgan fingerprint density at radius 3 is 2.94 bits per heavy atom. The molecule has 1 aromatic carbocycles. The van der Waals surface area contributed by atoms with E-state index in [1.807, 2.05) is 13.1 Å². The minimum absolute atomic E-state index is 0.0900. The fourth-order valence-electron chi connectivity index (χ4n) is 2.16. The number of nitrogens with zero attached hydrogens (tertiary/aromatic N) is 1. The Kier molecular flexibility index (Phi) is 4.24. The number of nitrogens with one attached hydrogen (secondary N) is 2. The van der Waals surface area contributed by atoms with Gasteiger partial charge in [0.1, 0.15) is 0 Å². The number of carbonyl (C=O) groups excluding carboxylic acids is 1. The van der Waals surface area contributed by atoms with Gasteiger partial charge in [0, 0.05) is 29.3 Å². The molecule has 1 aliphatic rings. The average Bonchev–Trinajstić information content (AvgIpc) is 2.37. The highest BCUT2D eigenvalue weighted by atomic mass is 79.9. The molecule has 1 saturated heterocycles. The number of piperazine rings is 1. The summed E-state index contributed by atoms with van der Waals surface area (Å²) < 4.78 is 1.06. The lowest BCUT2D eigenvalue weighted by Gasteiger charge is -2.31. The van der Waals surface area contributed by atoms with Gasteiger partial charge in [-0.2, -0.15) is 0 Å². The molecule has 2 rings (SSSR count). The van der Waals surface area contributed by atoms with Crippen molar-refractivity contribution in [2.45, 2.75) is 13.0 Å². The molecule has 2 N–H and O–H groups in total. The molecule has 18 heavy (non-hydrogen) atoms. The van der Waals surface area contributed by atoms with Gasteiger partial charge in [-0.3, -0.25) is 4.79 Å². The number of benzene rings is 1. The van der Waals surface area contributed by atoms with Crippen LogP contribution in [0.5, 0.6) is 0 Å².